The molecule has 9 aliphatic rings. The number of aliphatic hydroxyl groups is 9. The molecule has 1 spiro atoms. The molecule has 5 heterocycles. The highest BCUT2D eigenvalue weighted by atomic mass is 16.8. The van der Waals surface area contributed by atoms with E-state index in [-0.39, 0.29) is 28.8 Å². The van der Waals surface area contributed by atoms with Gasteiger partial charge in [0.1, 0.15) is 61.0 Å². The van der Waals surface area contributed by atoms with Crippen molar-refractivity contribution < 1.29 is 83.9 Å². The molecule has 0 aromatic heterocycles. The molecule has 62 heavy (non-hydrogen) atoms. The van der Waals surface area contributed by atoms with Crippen molar-refractivity contribution in [2.24, 2.45) is 46.3 Å². The number of rotatable bonds is 7. The molecule has 9 rings (SSSR count). The smallest absolute Gasteiger partial charge is 0.187 e. The van der Waals surface area contributed by atoms with Crippen LogP contribution in [0, 0.1) is 46.3 Å². The number of fused-ring (bicyclic) bond motifs is 7. The van der Waals surface area contributed by atoms with E-state index in [2.05, 4.69) is 26.8 Å². The summed E-state index contributed by atoms with van der Waals surface area (Å²) in [5.74, 6) is 1.38. The van der Waals surface area contributed by atoms with E-state index in [1.165, 1.54) is 19.4 Å². The van der Waals surface area contributed by atoms with E-state index >= 15 is 0 Å². The van der Waals surface area contributed by atoms with Gasteiger partial charge in [-0.3, -0.25) is 0 Å². The molecule has 5 aliphatic heterocycles. The first-order chi connectivity index (χ1) is 29.3. The second-order valence-electron chi connectivity index (χ2n) is 21.2. The molecule has 17 heteroatoms. The number of hydrogen-bond donors (Lipinski definition) is 9. The summed E-state index contributed by atoms with van der Waals surface area (Å²) in [6.45, 7) is 12.0. The van der Waals surface area contributed by atoms with Crippen molar-refractivity contribution in [1.82, 2.24) is 0 Å². The van der Waals surface area contributed by atoms with Crippen LogP contribution in [0.3, 0.4) is 0 Å². The van der Waals surface area contributed by atoms with Crippen molar-refractivity contribution in [3.05, 3.63) is 11.6 Å². The normalized spacial score (nSPS) is 58.9. The molecule has 354 valence electrons. The maximum Gasteiger partial charge on any atom is 0.187 e. The van der Waals surface area contributed by atoms with Gasteiger partial charge in [-0.05, 0) is 93.3 Å². The Morgan fingerprint density at radius 1 is 0.710 bits per heavy atom. The minimum atomic E-state index is -1.74. The van der Waals surface area contributed by atoms with Crippen LogP contribution in [-0.2, 0) is 37.9 Å². The van der Waals surface area contributed by atoms with Crippen molar-refractivity contribution in [2.45, 2.75) is 209 Å². The summed E-state index contributed by atoms with van der Waals surface area (Å²) in [7, 11) is 0. The summed E-state index contributed by atoms with van der Waals surface area (Å²) in [5, 5.41) is 96.7. The Kier molecular flexibility index (Phi) is 12.7. The standard InChI is InChI=1S/C45H72O17/c1-18-17-55-45(15-27(18)47)19(2)30-28(62-45)14-26-24-8-7-22-13-23(9-11-43(22,5)25(24)10-12-44(26,30)6)58-42-39(61-41-37(54)35(52)32(49)21(4)57-41)38(33(50)29(16-46)59-42)60-40-36(53)34(51)31(48)20(3)56-40/h7,18-21,23-42,46-54H,8-17H2,1-6H3/t18-,19+,20+,21+,23+,24-,25+,26+,27+,28+,29-,30+,31+,32+,33-,34-,35-,36-,37-,38+,39-,40+,41+,42-,43+,44+,45-/m1/s1. The van der Waals surface area contributed by atoms with Crippen LogP contribution in [-0.4, -0.2) is 175 Å². The van der Waals surface area contributed by atoms with Crippen LogP contribution in [0.5, 0.6) is 0 Å². The number of ether oxygens (including phenoxy) is 8. The van der Waals surface area contributed by atoms with Crippen molar-refractivity contribution in [3.63, 3.8) is 0 Å². The zero-order chi connectivity index (χ0) is 44.4. The Bertz CT molecular complexity index is 1640. The van der Waals surface area contributed by atoms with Crippen molar-refractivity contribution in [3.8, 4) is 0 Å². The minimum absolute atomic E-state index is 0.0647. The van der Waals surface area contributed by atoms with E-state index in [0.717, 1.165) is 32.1 Å². The first-order valence-corrected chi connectivity index (χ1v) is 23.3. The van der Waals surface area contributed by atoms with Gasteiger partial charge >= 0.3 is 0 Å². The number of hydrogen-bond acceptors (Lipinski definition) is 17. The fourth-order valence-corrected chi connectivity index (χ4v) is 14.0. The van der Waals surface area contributed by atoms with Gasteiger partial charge in [0.05, 0.1) is 43.7 Å². The Morgan fingerprint density at radius 3 is 1.98 bits per heavy atom. The molecular formula is C45H72O17. The zero-order valence-electron chi connectivity index (χ0n) is 36.8. The molecule has 3 saturated carbocycles. The third-order valence-electron chi connectivity index (χ3n) is 17.8. The maximum absolute atomic E-state index is 11.6. The van der Waals surface area contributed by atoms with E-state index in [1.807, 2.05) is 6.92 Å². The van der Waals surface area contributed by atoms with E-state index in [1.54, 1.807) is 0 Å². The summed E-state index contributed by atoms with van der Waals surface area (Å²) in [6, 6.07) is 0. The molecule has 5 saturated heterocycles. The third kappa shape index (κ3) is 7.40. The molecule has 0 radical (unpaired) electrons. The van der Waals surface area contributed by atoms with Gasteiger partial charge in [0, 0.05) is 18.3 Å². The molecule has 8 fully saturated rings. The predicted molar refractivity (Wildman–Crippen MR) is 214 cm³/mol. The minimum Gasteiger partial charge on any atom is -0.394 e. The highest BCUT2D eigenvalue weighted by molar-refractivity contribution is 5.26. The van der Waals surface area contributed by atoms with Gasteiger partial charge < -0.3 is 83.9 Å². The van der Waals surface area contributed by atoms with Crippen molar-refractivity contribution >= 4 is 0 Å². The predicted octanol–water partition coefficient (Wildman–Crippen LogP) is 0.213. The molecule has 0 aromatic rings. The lowest BCUT2D eigenvalue weighted by atomic mass is 9.47. The van der Waals surface area contributed by atoms with Crippen LogP contribution in [0.15, 0.2) is 11.6 Å². The molecule has 9 N–H and O–H groups in total. The highest BCUT2D eigenvalue weighted by Gasteiger charge is 2.69. The summed E-state index contributed by atoms with van der Waals surface area (Å²) in [4.78, 5) is 0. The summed E-state index contributed by atoms with van der Waals surface area (Å²) >= 11 is 0. The lowest BCUT2D eigenvalue weighted by Crippen LogP contribution is -2.67. The summed E-state index contributed by atoms with van der Waals surface area (Å²) in [5.41, 5.74) is 1.35. The Balaban J connectivity index is 0.936. The number of allylic oxidation sites excluding steroid dienone is 1. The molecule has 27 atom stereocenters. The van der Waals surface area contributed by atoms with E-state index in [9.17, 15) is 46.0 Å². The van der Waals surface area contributed by atoms with Crippen LogP contribution >= 0.6 is 0 Å². The van der Waals surface area contributed by atoms with Gasteiger partial charge in [-0.25, -0.2) is 0 Å². The Labute approximate surface area is 363 Å². The van der Waals surface area contributed by atoms with Gasteiger partial charge in [-0.15, -0.1) is 0 Å². The van der Waals surface area contributed by atoms with E-state index < -0.39 is 117 Å². The van der Waals surface area contributed by atoms with Gasteiger partial charge in [0.15, 0.2) is 24.7 Å². The lowest BCUT2D eigenvalue weighted by Gasteiger charge is -2.59. The quantitative estimate of drug-likeness (QED) is 0.155. The lowest BCUT2D eigenvalue weighted by molar-refractivity contribution is -0.393. The largest absolute Gasteiger partial charge is 0.394 e. The van der Waals surface area contributed by atoms with Crippen LogP contribution in [0.4, 0.5) is 0 Å². The van der Waals surface area contributed by atoms with Crippen LogP contribution in [0.1, 0.15) is 92.9 Å². The molecular weight excluding hydrogens is 812 g/mol. The molecule has 4 aliphatic carbocycles. The van der Waals surface area contributed by atoms with E-state index in [0.29, 0.717) is 49.5 Å². The van der Waals surface area contributed by atoms with Crippen LogP contribution < -0.4 is 0 Å². The zero-order valence-corrected chi connectivity index (χ0v) is 36.8. The maximum atomic E-state index is 11.6. The first kappa shape index (κ1) is 46.2. The van der Waals surface area contributed by atoms with Crippen LogP contribution in [0.2, 0.25) is 0 Å². The molecule has 0 aromatic carbocycles. The van der Waals surface area contributed by atoms with E-state index in [4.69, 9.17) is 37.9 Å². The topological polar surface area (TPSA) is 256 Å². The molecule has 0 unspecified atom stereocenters. The fourth-order valence-electron chi connectivity index (χ4n) is 14.0. The van der Waals surface area contributed by atoms with Gasteiger partial charge in [0.25, 0.3) is 0 Å². The average molecular weight is 885 g/mol. The Hall–Kier alpha value is -0.940. The summed E-state index contributed by atoms with van der Waals surface area (Å²) < 4.78 is 50.3. The Morgan fingerprint density at radius 2 is 1.35 bits per heavy atom. The van der Waals surface area contributed by atoms with Crippen LogP contribution in [0.25, 0.3) is 0 Å². The van der Waals surface area contributed by atoms with Gasteiger partial charge in [0.2, 0.25) is 0 Å². The highest BCUT2D eigenvalue weighted by Crippen LogP contribution is 2.70. The average Bonchev–Trinajstić information content (AvgIpc) is 3.69. The summed E-state index contributed by atoms with van der Waals surface area (Å²) in [6.07, 6.45) is -13.4. The molecule has 17 nitrogen and oxygen atoms in total. The number of aliphatic hydroxyl groups excluding tert-OH is 9. The van der Waals surface area contributed by atoms with Crippen molar-refractivity contribution in [2.75, 3.05) is 13.2 Å². The van der Waals surface area contributed by atoms with Crippen molar-refractivity contribution in [1.29, 1.82) is 0 Å². The first-order valence-electron chi connectivity index (χ1n) is 23.3. The second kappa shape index (κ2) is 17.0. The SMILES string of the molecule is C[C@@H]1CO[C@]2(C[C@@H]1O)O[C@H]1C[C@H]3[C@@H]4CC=C5C[C@@H](O[C@@H]6O[C@H](CO)[C@@H](O)[C@H](O[C@@H]7O[C@@H](C)[C@H](O)[C@@H](O)[C@H]7O)[C@H]6O[C@@H]6O[C@@H](C)[C@H](O)[C@@H](O)[C@H]6O)CC[C@]5(C)[C@H]4CC[C@]3(C)[C@H]1[C@@H]2C. The molecule has 0 amide bonds. The third-order valence-corrected chi connectivity index (χ3v) is 17.8. The van der Waals surface area contributed by atoms with Gasteiger partial charge in [-0.2, -0.15) is 0 Å². The monoisotopic (exact) mass is 884 g/mol. The van der Waals surface area contributed by atoms with Gasteiger partial charge in [-0.1, -0.05) is 39.3 Å². The second-order valence-corrected chi connectivity index (χ2v) is 21.2. The molecule has 0 bridgehead atoms. The fraction of sp³-hybridized carbons (Fsp3) is 0.956.